The maximum absolute atomic E-state index is 10.6. The number of carbonyl (C=O) groups is 4. The van der Waals surface area contributed by atoms with Crippen LogP contribution in [-0.4, -0.2) is 60.0 Å². The van der Waals surface area contributed by atoms with E-state index in [2.05, 4.69) is 26.4 Å². The minimum Gasteiger partial charge on any atom is -0.480 e. The fourth-order valence-corrected chi connectivity index (χ4v) is 0.985. The molecule has 0 unspecified atom stereocenters. The number of nitrogens with two attached hydrogens (primary N) is 1. The highest BCUT2D eigenvalue weighted by Crippen LogP contribution is 2.01. The summed E-state index contributed by atoms with van der Waals surface area (Å²) in [7, 11) is 2.41. The van der Waals surface area contributed by atoms with Gasteiger partial charge in [0, 0.05) is 11.6 Å². The average Bonchev–Trinajstić information content (AvgIpc) is 2.51. The van der Waals surface area contributed by atoms with E-state index in [4.69, 9.17) is 15.9 Å². The second-order valence-electron chi connectivity index (χ2n) is 5.25. The zero-order valence-corrected chi connectivity index (χ0v) is 15.9. The van der Waals surface area contributed by atoms with Gasteiger partial charge in [-0.05, 0) is 11.8 Å². The van der Waals surface area contributed by atoms with Crippen LogP contribution in [0.2, 0.25) is 0 Å². The Morgan fingerprint density at radius 2 is 1.32 bits per heavy atom. The summed E-state index contributed by atoms with van der Waals surface area (Å²) in [6.45, 7) is 6.96. The molecular formula is C14H27ClN2O8. The predicted octanol–water partition coefficient (Wildman–Crippen LogP) is 1.50. The Kier molecular flexibility index (Phi) is 17.2. The Hall–Kier alpha value is -2.07. The van der Waals surface area contributed by atoms with E-state index in [0.717, 1.165) is 0 Å². The van der Waals surface area contributed by atoms with Crippen LogP contribution in [0.1, 0.15) is 27.7 Å². The van der Waals surface area contributed by atoms with Crippen LogP contribution in [0, 0.1) is 11.8 Å². The standard InChI is InChI=1S/C7H13NO4.C5H11NO2.C2H3ClO2/c1-4(2)5(6(9)10)8-7(11)12-3;1-3(2)4(6)5(7)8;1-5-2(3)4/h4-5H,1-3H3,(H,8,11)(H,9,10);3-4H,6H2,1-2H3,(H,7,8);1H3/t5-;4-;/m00./s1. The molecule has 25 heavy (non-hydrogen) atoms. The molecule has 0 bridgehead atoms. The zero-order valence-electron chi connectivity index (χ0n) is 15.1. The molecule has 0 spiro atoms. The van der Waals surface area contributed by atoms with Crippen LogP contribution < -0.4 is 11.1 Å². The number of hydrogen-bond acceptors (Lipinski definition) is 7. The maximum Gasteiger partial charge on any atom is 0.407 e. The lowest BCUT2D eigenvalue weighted by Crippen LogP contribution is -2.44. The number of rotatable bonds is 5. The SMILES string of the molecule is CC(C)[C@H](N)C(=O)O.COC(=O)Cl.COC(=O)N[C@H](C(=O)O)C(C)C. The first-order valence-electron chi connectivity index (χ1n) is 7.10. The minimum absolute atomic E-state index is 0.0208. The Labute approximate surface area is 151 Å². The van der Waals surface area contributed by atoms with Crippen molar-refractivity contribution in [2.45, 2.75) is 39.8 Å². The van der Waals surface area contributed by atoms with Gasteiger partial charge in [-0.1, -0.05) is 27.7 Å². The molecule has 0 aromatic heterocycles. The van der Waals surface area contributed by atoms with E-state index in [1.54, 1.807) is 27.7 Å². The first-order chi connectivity index (χ1) is 11.3. The minimum atomic E-state index is -1.06. The predicted molar refractivity (Wildman–Crippen MR) is 90.5 cm³/mol. The molecule has 0 heterocycles. The number of aliphatic carboxylic acids is 2. The summed E-state index contributed by atoms with van der Waals surface area (Å²) in [4.78, 5) is 40.5. The number of carbonyl (C=O) groups excluding carboxylic acids is 2. The van der Waals surface area contributed by atoms with E-state index >= 15 is 0 Å². The largest absolute Gasteiger partial charge is 0.480 e. The molecule has 0 aliphatic carbocycles. The number of ether oxygens (including phenoxy) is 2. The number of amides is 1. The van der Waals surface area contributed by atoms with Gasteiger partial charge < -0.3 is 30.7 Å². The fourth-order valence-electron chi connectivity index (χ4n) is 0.985. The molecule has 11 heteroatoms. The number of alkyl carbamates (subject to hydrolysis) is 1. The van der Waals surface area contributed by atoms with Gasteiger partial charge in [-0.25, -0.2) is 14.4 Å². The fraction of sp³-hybridized carbons (Fsp3) is 0.714. The molecule has 2 atom stereocenters. The van der Waals surface area contributed by atoms with Gasteiger partial charge in [0.25, 0.3) is 0 Å². The normalized spacial score (nSPS) is 11.8. The van der Waals surface area contributed by atoms with Crippen LogP contribution in [0.4, 0.5) is 9.59 Å². The Balaban J connectivity index is -0.000000321. The van der Waals surface area contributed by atoms with Gasteiger partial charge in [0.15, 0.2) is 0 Å². The first kappa shape index (κ1) is 27.8. The zero-order chi connectivity index (χ0) is 20.7. The van der Waals surface area contributed by atoms with Gasteiger partial charge in [0.2, 0.25) is 0 Å². The van der Waals surface area contributed by atoms with Gasteiger partial charge in [0.05, 0.1) is 14.2 Å². The van der Waals surface area contributed by atoms with Gasteiger partial charge in [-0.15, -0.1) is 0 Å². The lowest BCUT2D eigenvalue weighted by molar-refractivity contribution is -0.141. The number of carboxylic acids is 2. The molecule has 0 aliphatic rings. The molecule has 0 fully saturated rings. The second kappa shape index (κ2) is 15.5. The molecule has 0 radical (unpaired) electrons. The third kappa shape index (κ3) is 18.1. The summed E-state index contributed by atoms with van der Waals surface area (Å²) >= 11 is 4.60. The summed E-state index contributed by atoms with van der Waals surface area (Å²) in [6.07, 6.45) is -0.726. The summed E-state index contributed by atoms with van der Waals surface area (Å²) in [5.41, 5.74) is 4.39. The van der Waals surface area contributed by atoms with Crippen LogP contribution in [0.3, 0.4) is 0 Å². The van der Waals surface area contributed by atoms with Crippen LogP contribution in [-0.2, 0) is 19.1 Å². The molecule has 5 N–H and O–H groups in total. The van der Waals surface area contributed by atoms with E-state index < -0.39 is 35.5 Å². The van der Waals surface area contributed by atoms with Crippen LogP contribution >= 0.6 is 11.6 Å². The molecule has 0 rings (SSSR count). The molecule has 0 aromatic carbocycles. The molecule has 0 aromatic rings. The van der Waals surface area contributed by atoms with E-state index in [1.165, 1.54) is 14.2 Å². The highest BCUT2D eigenvalue weighted by Gasteiger charge is 2.23. The molecular weight excluding hydrogens is 360 g/mol. The maximum atomic E-state index is 10.6. The summed E-state index contributed by atoms with van der Waals surface area (Å²) in [5, 5.41) is 19.1. The Morgan fingerprint density at radius 3 is 1.44 bits per heavy atom. The number of nitrogens with one attached hydrogen (secondary N) is 1. The van der Waals surface area contributed by atoms with Crippen molar-refractivity contribution in [1.29, 1.82) is 0 Å². The highest BCUT2D eigenvalue weighted by molar-refractivity contribution is 6.61. The molecule has 0 saturated carbocycles. The molecule has 1 amide bonds. The van der Waals surface area contributed by atoms with Crippen molar-refractivity contribution in [2.75, 3.05) is 14.2 Å². The van der Waals surface area contributed by atoms with Crippen LogP contribution in [0.15, 0.2) is 0 Å². The van der Waals surface area contributed by atoms with Crippen molar-refractivity contribution in [3.63, 3.8) is 0 Å². The number of carboxylic acid groups (broad SMARTS) is 2. The van der Waals surface area contributed by atoms with Gasteiger partial charge in [-0.3, -0.25) is 4.79 Å². The van der Waals surface area contributed by atoms with Crippen molar-refractivity contribution < 1.29 is 38.9 Å². The molecule has 10 nitrogen and oxygen atoms in total. The molecule has 0 saturated heterocycles. The monoisotopic (exact) mass is 386 g/mol. The summed E-state index contributed by atoms with van der Waals surface area (Å²) in [5.74, 6) is -2.13. The average molecular weight is 387 g/mol. The van der Waals surface area contributed by atoms with Crippen molar-refractivity contribution in [1.82, 2.24) is 5.32 Å². The van der Waals surface area contributed by atoms with E-state index in [1.807, 2.05) is 0 Å². The third-order valence-electron chi connectivity index (χ3n) is 2.56. The Morgan fingerprint density at radius 1 is 0.920 bits per heavy atom. The number of halogens is 1. The molecule has 0 aliphatic heterocycles. The topological polar surface area (TPSA) is 165 Å². The molecule has 148 valence electrons. The van der Waals surface area contributed by atoms with Crippen LogP contribution in [0.25, 0.3) is 0 Å². The highest BCUT2D eigenvalue weighted by atomic mass is 35.5. The lowest BCUT2D eigenvalue weighted by atomic mass is 10.1. The van der Waals surface area contributed by atoms with E-state index in [0.29, 0.717) is 0 Å². The van der Waals surface area contributed by atoms with Crippen LogP contribution in [0.5, 0.6) is 0 Å². The Bertz CT molecular complexity index is 429. The first-order valence-corrected chi connectivity index (χ1v) is 7.48. The quantitative estimate of drug-likeness (QED) is 0.512. The van der Waals surface area contributed by atoms with Gasteiger partial charge >= 0.3 is 23.5 Å². The van der Waals surface area contributed by atoms with E-state index in [9.17, 15) is 19.2 Å². The lowest BCUT2D eigenvalue weighted by Gasteiger charge is -2.16. The summed E-state index contributed by atoms with van der Waals surface area (Å²) < 4.78 is 8.14. The second-order valence-corrected chi connectivity index (χ2v) is 5.55. The smallest absolute Gasteiger partial charge is 0.407 e. The van der Waals surface area contributed by atoms with E-state index in [-0.39, 0.29) is 11.8 Å². The number of methoxy groups -OCH3 is 2. The van der Waals surface area contributed by atoms with Crippen molar-refractivity contribution >= 4 is 35.1 Å². The van der Waals surface area contributed by atoms with Crippen molar-refractivity contribution in [2.24, 2.45) is 17.6 Å². The van der Waals surface area contributed by atoms with Gasteiger partial charge in [-0.2, -0.15) is 0 Å². The summed E-state index contributed by atoms with van der Waals surface area (Å²) in [6, 6.07) is -1.60. The third-order valence-corrected chi connectivity index (χ3v) is 2.71. The van der Waals surface area contributed by atoms with Crippen molar-refractivity contribution in [3.05, 3.63) is 0 Å². The number of hydrogen-bond donors (Lipinski definition) is 4. The van der Waals surface area contributed by atoms with Gasteiger partial charge in [0.1, 0.15) is 12.1 Å². The van der Waals surface area contributed by atoms with Crippen molar-refractivity contribution in [3.8, 4) is 0 Å².